The van der Waals surface area contributed by atoms with Crippen LogP contribution in [0.2, 0.25) is 5.02 Å². The molecule has 3 aromatic rings. The number of hydrogen-bond donors (Lipinski definition) is 1. The molecule has 1 fully saturated rings. The van der Waals surface area contributed by atoms with Crippen molar-refractivity contribution >= 4 is 21.6 Å². The first-order valence-electron chi connectivity index (χ1n) is 9.32. The first kappa shape index (κ1) is 19.2. The maximum atomic E-state index is 12.1. The molecule has 0 bridgehead atoms. The molecule has 7 heteroatoms. The number of nitrogens with zero attached hydrogens (tertiary/aromatic N) is 1. The molecule has 0 aliphatic heterocycles. The molecule has 2 aromatic carbocycles. The number of aromatic nitrogens is 1. The molecule has 0 unspecified atom stereocenters. The van der Waals surface area contributed by atoms with Gasteiger partial charge in [-0.1, -0.05) is 49.1 Å². The highest BCUT2D eigenvalue weighted by Crippen LogP contribution is 2.40. The van der Waals surface area contributed by atoms with Gasteiger partial charge >= 0.3 is 0 Å². The molecule has 0 amide bonds. The summed E-state index contributed by atoms with van der Waals surface area (Å²) < 4.78 is 30.5. The van der Waals surface area contributed by atoms with E-state index >= 15 is 0 Å². The molecule has 1 heterocycles. The predicted molar refractivity (Wildman–Crippen MR) is 110 cm³/mol. The fourth-order valence-electron chi connectivity index (χ4n) is 3.75. The van der Waals surface area contributed by atoms with Crippen LogP contribution in [0.3, 0.4) is 0 Å². The molecule has 1 saturated carbocycles. The van der Waals surface area contributed by atoms with E-state index in [0.29, 0.717) is 27.9 Å². The number of oxazole rings is 1. The van der Waals surface area contributed by atoms with Gasteiger partial charge in [-0.2, -0.15) is 0 Å². The van der Waals surface area contributed by atoms with Gasteiger partial charge in [0.2, 0.25) is 10.0 Å². The molecule has 0 spiro atoms. The summed E-state index contributed by atoms with van der Waals surface area (Å²) in [4.78, 5) is 4.79. The first-order valence-corrected chi connectivity index (χ1v) is 11.2. The van der Waals surface area contributed by atoms with Crippen LogP contribution in [0.25, 0.3) is 22.6 Å². The van der Waals surface area contributed by atoms with E-state index in [1.807, 2.05) is 12.1 Å². The summed E-state index contributed by atoms with van der Waals surface area (Å²) >= 11 is 6.03. The van der Waals surface area contributed by atoms with Crippen LogP contribution in [0, 0.1) is 0 Å². The van der Waals surface area contributed by atoms with Crippen LogP contribution >= 0.6 is 11.6 Å². The summed E-state index contributed by atoms with van der Waals surface area (Å²) in [5.74, 6) is 1.44. The topological polar surface area (TPSA) is 86.2 Å². The molecule has 5 nitrogen and oxygen atoms in total. The van der Waals surface area contributed by atoms with Gasteiger partial charge in [-0.3, -0.25) is 0 Å². The highest BCUT2D eigenvalue weighted by atomic mass is 35.5. The lowest BCUT2D eigenvalue weighted by atomic mass is 9.89. The molecule has 28 heavy (non-hydrogen) atoms. The average Bonchev–Trinajstić information content (AvgIpc) is 3.14. The molecule has 1 aromatic heterocycles. The molecule has 0 saturated heterocycles. The number of rotatable bonds is 4. The summed E-state index contributed by atoms with van der Waals surface area (Å²) in [5, 5.41) is 6.06. The number of benzene rings is 2. The third kappa shape index (κ3) is 3.85. The fourth-order valence-corrected chi connectivity index (χ4v) is 4.62. The zero-order valence-electron chi connectivity index (χ0n) is 15.3. The van der Waals surface area contributed by atoms with E-state index in [2.05, 4.69) is 0 Å². The Kier molecular flexibility index (Phi) is 5.27. The van der Waals surface area contributed by atoms with E-state index < -0.39 is 10.0 Å². The van der Waals surface area contributed by atoms with Crippen molar-refractivity contribution < 1.29 is 12.8 Å². The van der Waals surface area contributed by atoms with Crippen molar-refractivity contribution in [1.29, 1.82) is 0 Å². The molecule has 1 aliphatic rings. The Labute approximate surface area is 169 Å². The third-order valence-corrected chi connectivity index (χ3v) is 6.37. The van der Waals surface area contributed by atoms with E-state index in [1.54, 1.807) is 30.3 Å². The summed E-state index contributed by atoms with van der Waals surface area (Å²) in [6.07, 6.45) is 5.56. The van der Waals surface area contributed by atoms with Crippen molar-refractivity contribution in [1.82, 2.24) is 4.98 Å². The molecule has 1 aliphatic carbocycles. The monoisotopic (exact) mass is 416 g/mol. The van der Waals surface area contributed by atoms with E-state index in [9.17, 15) is 8.42 Å². The second-order valence-corrected chi connectivity index (χ2v) is 9.08. The Morgan fingerprint density at radius 1 is 1.00 bits per heavy atom. The van der Waals surface area contributed by atoms with Crippen LogP contribution in [-0.4, -0.2) is 13.4 Å². The molecule has 2 N–H and O–H groups in total. The van der Waals surface area contributed by atoms with Gasteiger partial charge in [0.1, 0.15) is 5.69 Å². The van der Waals surface area contributed by atoms with Crippen molar-refractivity contribution in [3.63, 3.8) is 0 Å². The zero-order valence-corrected chi connectivity index (χ0v) is 16.8. The maximum absolute atomic E-state index is 12.1. The smallest absolute Gasteiger partial charge is 0.238 e. The van der Waals surface area contributed by atoms with Crippen molar-refractivity contribution in [2.75, 3.05) is 0 Å². The van der Waals surface area contributed by atoms with Gasteiger partial charge in [0, 0.05) is 22.1 Å². The lowest BCUT2D eigenvalue weighted by Crippen LogP contribution is -2.13. The molecule has 0 radical (unpaired) electrons. The third-order valence-electron chi connectivity index (χ3n) is 5.15. The lowest BCUT2D eigenvalue weighted by Gasteiger charge is -2.17. The highest BCUT2D eigenvalue weighted by Gasteiger charge is 2.27. The highest BCUT2D eigenvalue weighted by molar-refractivity contribution is 7.89. The van der Waals surface area contributed by atoms with E-state index in [0.717, 1.165) is 31.2 Å². The summed E-state index contributed by atoms with van der Waals surface area (Å²) in [5.41, 5.74) is 1.73. The summed E-state index contributed by atoms with van der Waals surface area (Å²) in [6, 6.07) is 13.8. The predicted octanol–water partition coefficient (Wildman–Crippen LogP) is 5.36. The van der Waals surface area contributed by atoms with Crippen molar-refractivity contribution in [2.45, 2.75) is 42.9 Å². The van der Waals surface area contributed by atoms with Crippen LogP contribution < -0.4 is 5.14 Å². The van der Waals surface area contributed by atoms with Gasteiger partial charge in [0.25, 0.3) is 0 Å². The Bertz CT molecular complexity index is 1090. The van der Waals surface area contributed by atoms with Crippen molar-refractivity contribution in [3.05, 3.63) is 59.4 Å². The maximum Gasteiger partial charge on any atom is 0.238 e. The molecule has 146 valence electrons. The van der Waals surface area contributed by atoms with Crippen LogP contribution in [0.15, 0.2) is 57.8 Å². The van der Waals surface area contributed by atoms with Crippen molar-refractivity contribution in [3.8, 4) is 22.6 Å². The number of halogens is 1. The largest absolute Gasteiger partial charge is 0.440 e. The van der Waals surface area contributed by atoms with Gasteiger partial charge in [-0.25, -0.2) is 18.5 Å². The summed E-state index contributed by atoms with van der Waals surface area (Å²) in [7, 11) is -3.91. The Hall–Kier alpha value is -2.15. The molecular weight excluding hydrogens is 396 g/mol. The normalized spacial score (nSPS) is 15.6. The minimum atomic E-state index is -3.91. The van der Waals surface area contributed by atoms with Gasteiger partial charge in [0.05, 0.1) is 4.90 Å². The Morgan fingerprint density at radius 3 is 2.36 bits per heavy atom. The molecular formula is C21H21ClN2O3S. The van der Waals surface area contributed by atoms with Crippen LogP contribution in [0.1, 0.15) is 43.9 Å². The number of nitrogens with two attached hydrogens (primary N) is 1. The second kappa shape index (κ2) is 7.70. The Balaban J connectivity index is 1.91. The first-order chi connectivity index (χ1) is 13.4. The molecule has 0 atom stereocenters. The lowest BCUT2D eigenvalue weighted by molar-refractivity contribution is 0.367. The zero-order chi connectivity index (χ0) is 19.7. The number of primary sulfonamides is 1. The quantitative estimate of drug-likeness (QED) is 0.620. The molecule has 4 rings (SSSR count). The average molecular weight is 417 g/mol. The van der Waals surface area contributed by atoms with Crippen LogP contribution in [0.5, 0.6) is 0 Å². The Morgan fingerprint density at radius 2 is 1.68 bits per heavy atom. The fraction of sp³-hybridized carbons (Fsp3) is 0.286. The van der Waals surface area contributed by atoms with Gasteiger partial charge in [-0.05, 0) is 43.2 Å². The summed E-state index contributed by atoms with van der Waals surface area (Å²) in [6.45, 7) is 0. The number of hydrogen-bond acceptors (Lipinski definition) is 4. The van der Waals surface area contributed by atoms with Crippen LogP contribution in [-0.2, 0) is 10.0 Å². The van der Waals surface area contributed by atoms with Gasteiger partial charge in [0.15, 0.2) is 11.7 Å². The second-order valence-electron chi connectivity index (χ2n) is 7.11. The van der Waals surface area contributed by atoms with Crippen molar-refractivity contribution in [2.24, 2.45) is 5.14 Å². The van der Waals surface area contributed by atoms with E-state index in [-0.39, 0.29) is 10.8 Å². The number of sulfonamides is 1. The van der Waals surface area contributed by atoms with Gasteiger partial charge in [-0.15, -0.1) is 0 Å². The van der Waals surface area contributed by atoms with E-state index in [1.165, 1.54) is 12.5 Å². The minimum Gasteiger partial charge on any atom is -0.440 e. The van der Waals surface area contributed by atoms with E-state index in [4.69, 9.17) is 26.1 Å². The SMILES string of the molecule is NS(=O)(=O)c1ccccc1-c1nc(C2CCCCC2)oc1-c1ccc(Cl)cc1. The minimum absolute atomic E-state index is 0.0358. The van der Waals surface area contributed by atoms with Crippen LogP contribution in [0.4, 0.5) is 0 Å². The standard InChI is InChI=1S/C21H21ClN2O3S/c22-16-12-10-14(11-13-16)20-19(17-8-4-5-9-18(17)28(23,25)26)24-21(27-20)15-6-2-1-3-7-15/h4-5,8-13,15H,1-3,6-7H2,(H2,23,25,26). The van der Waals surface area contributed by atoms with Gasteiger partial charge < -0.3 is 4.42 Å².